The van der Waals surface area contributed by atoms with Gasteiger partial charge in [-0.25, -0.2) is 0 Å². The van der Waals surface area contributed by atoms with E-state index in [4.69, 9.17) is 5.73 Å². The molecular weight excluding hydrogens is 184 g/mol. The number of hydrogen-bond acceptors (Lipinski definition) is 4. The molecule has 0 fully saturated rings. The van der Waals surface area contributed by atoms with Crippen molar-refractivity contribution in [1.82, 2.24) is 4.90 Å². The lowest BCUT2D eigenvalue weighted by molar-refractivity contribution is -0.151. The highest BCUT2D eigenvalue weighted by Gasteiger charge is 2.30. The third-order valence-corrected chi connectivity index (χ3v) is 1.83. The molecule has 0 bridgehead atoms. The van der Waals surface area contributed by atoms with Crippen molar-refractivity contribution in [2.45, 2.75) is 13.8 Å². The Morgan fingerprint density at radius 1 is 1.43 bits per heavy atom. The summed E-state index contributed by atoms with van der Waals surface area (Å²) in [5, 5.41) is 0. The van der Waals surface area contributed by atoms with Crippen molar-refractivity contribution < 1.29 is 14.3 Å². The Hall–Kier alpha value is -1.10. The van der Waals surface area contributed by atoms with Gasteiger partial charge in [-0.3, -0.25) is 14.5 Å². The van der Waals surface area contributed by atoms with Gasteiger partial charge in [0.05, 0.1) is 19.1 Å². The van der Waals surface area contributed by atoms with Crippen LogP contribution < -0.4 is 5.73 Å². The first-order valence-electron chi connectivity index (χ1n) is 4.35. The molecule has 0 radical (unpaired) electrons. The Morgan fingerprint density at radius 3 is 2.29 bits per heavy atom. The molecule has 0 aliphatic carbocycles. The Morgan fingerprint density at radius 2 is 1.93 bits per heavy atom. The fraction of sp³-hybridized carbons (Fsp3) is 0.778. The van der Waals surface area contributed by atoms with Crippen molar-refractivity contribution in [3.05, 3.63) is 0 Å². The second-order valence-corrected chi connectivity index (χ2v) is 4.01. The first-order chi connectivity index (χ1) is 6.29. The predicted molar refractivity (Wildman–Crippen MR) is 52.5 cm³/mol. The average molecular weight is 202 g/mol. The summed E-state index contributed by atoms with van der Waals surface area (Å²) in [6.45, 7) is 4.09. The van der Waals surface area contributed by atoms with Gasteiger partial charge in [0.15, 0.2) is 0 Å². The lowest BCUT2D eigenvalue weighted by atomic mass is 9.93. The van der Waals surface area contributed by atoms with E-state index in [2.05, 4.69) is 4.74 Å². The third-order valence-electron chi connectivity index (χ3n) is 1.83. The molecule has 0 saturated carbocycles. The molecule has 0 aromatic carbocycles. The highest BCUT2D eigenvalue weighted by Crippen LogP contribution is 2.17. The van der Waals surface area contributed by atoms with Gasteiger partial charge in [0.2, 0.25) is 5.91 Å². The lowest BCUT2D eigenvalue weighted by Crippen LogP contribution is -2.41. The Kier molecular flexibility index (Phi) is 4.56. The van der Waals surface area contributed by atoms with E-state index in [1.54, 1.807) is 25.8 Å². The van der Waals surface area contributed by atoms with Crippen LogP contribution in [0.5, 0.6) is 0 Å². The number of likely N-dealkylation sites (N-methyl/N-ethyl adjacent to an activating group) is 1. The van der Waals surface area contributed by atoms with E-state index in [9.17, 15) is 9.59 Å². The van der Waals surface area contributed by atoms with Crippen LogP contribution in [-0.4, -0.2) is 44.0 Å². The molecule has 5 heteroatoms. The Labute approximate surface area is 84.2 Å². The van der Waals surface area contributed by atoms with Crippen molar-refractivity contribution in [3.8, 4) is 0 Å². The first-order valence-corrected chi connectivity index (χ1v) is 4.35. The number of esters is 1. The highest BCUT2D eigenvalue weighted by atomic mass is 16.5. The Bertz CT molecular complexity index is 226. The van der Waals surface area contributed by atoms with E-state index in [0.29, 0.717) is 6.54 Å². The second-order valence-electron chi connectivity index (χ2n) is 4.01. The number of nitrogens with two attached hydrogens (primary N) is 1. The molecule has 2 N–H and O–H groups in total. The molecule has 0 heterocycles. The highest BCUT2D eigenvalue weighted by molar-refractivity contribution is 5.77. The molecule has 0 aromatic rings. The van der Waals surface area contributed by atoms with Gasteiger partial charge in [0.1, 0.15) is 0 Å². The monoisotopic (exact) mass is 202 g/mol. The fourth-order valence-electron chi connectivity index (χ4n) is 1.34. The lowest BCUT2D eigenvalue weighted by Gasteiger charge is -2.26. The van der Waals surface area contributed by atoms with E-state index in [0.717, 1.165) is 0 Å². The first kappa shape index (κ1) is 12.9. The fourth-order valence-corrected chi connectivity index (χ4v) is 1.34. The van der Waals surface area contributed by atoms with Gasteiger partial charge in [-0.1, -0.05) is 0 Å². The molecule has 1 amide bonds. The van der Waals surface area contributed by atoms with Gasteiger partial charge >= 0.3 is 5.97 Å². The summed E-state index contributed by atoms with van der Waals surface area (Å²) in [7, 11) is 3.08. The van der Waals surface area contributed by atoms with Gasteiger partial charge in [-0.15, -0.1) is 0 Å². The number of methoxy groups -OCH3 is 1. The van der Waals surface area contributed by atoms with Crippen LogP contribution >= 0.6 is 0 Å². The summed E-state index contributed by atoms with van der Waals surface area (Å²) < 4.78 is 4.64. The molecule has 0 aliphatic rings. The number of hydrogen-bond donors (Lipinski definition) is 1. The maximum absolute atomic E-state index is 11.3. The third kappa shape index (κ3) is 4.23. The zero-order valence-electron chi connectivity index (χ0n) is 9.16. The van der Waals surface area contributed by atoms with Crippen LogP contribution in [0.25, 0.3) is 0 Å². The van der Waals surface area contributed by atoms with Gasteiger partial charge in [0.25, 0.3) is 0 Å². The zero-order chi connectivity index (χ0) is 11.4. The number of amides is 1. The van der Waals surface area contributed by atoms with Gasteiger partial charge < -0.3 is 10.5 Å². The van der Waals surface area contributed by atoms with Crippen LogP contribution in [0.1, 0.15) is 13.8 Å². The van der Waals surface area contributed by atoms with Crippen molar-refractivity contribution in [2.75, 3.05) is 27.2 Å². The number of ether oxygens (including phenoxy) is 1. The van der Waals surface area contributed by atoms with Crippen LogP contribution in [0.4, 0.5) is 0 Å². The Balaban J connectivity index is 4.21. The van der Waals surface area contributed by atoms with Gasteiger partial charge in [0, 0.05) is 6.54 Å². The van der Waals surface area contributed by atoms with E-state index >= 15 is 0 Å². The molecule has 0 saturated heterocycles. The molecule has 82 valence electrons. The molecule has 0 unspecified atom stereocenters. The zero-order valence-corrected chi connectivity index (χ0v) is 9.16. The molecule has 0 rings (SSSR count). The van der Waals surface area contributed by atoms with Crippen molar-refractivity contribution in [2.24, 2.45) is 11.1 Å². The van der Waals surface area contributed by atoms with Crippen LogP contribution in [0.3, 0.4) is 0 Å². The number of nitrogens with zero attached hydrogens (tertiary/aromatic N) is 1. The maximum Gasteiger partial charge on any atom is 0.312 e. The number of rotatable bonds is 5. The topological polar surface area (TPSA) is 72.6 Å². The quantitative estimate of drug-likeness (QED) is 0.616. The maximum atomic E-state index is 11.3. The number of carbonyl (C=O) groups is 2. The van der Waals surface area contributed by atoms with Crippen LogP contribution in [0.15, 0.2) is 0 Å². The molecule has 5 nitrogen and oxygen atoms in total. The van der Waals surface area contributed by atoms with Crippen LogP contribution in [-0.2, 0) is 14.3 Å². The largest absolute Gasteiger partial charge is 0.469 e. The minimum atomic E-state index is -0.626. The molecule has 0 aromatic heterocycles. The van der Waals surface area contributed by atoms with Gasteiger partial charge in [-0.05, 0) is 20.9 Å². The molecule has 14 heavy (non-hydrogen) atoms. The SMILES string of the molecule is COC(=O)C(C)(C)CN(C)CC(N)=O. The second kappa shape index (κ2) is 4.95. The van der Waals surface area contributed by atoms with Crippen molar-refractivity contribution in [3.63, 3.8) is 0 Å². The smallest absolute Gasteiger partial charge is 0.312 e. The minimum absolute atomic E-state index is 0.139. The summed E-state index contributed by atoms with van der Waals surface area (Å²) in [6.07, 6.45) is 0. The van der Waals surface area contributed by atoms with Crippen molar-refractivity contribution >= 4 is 11.9 Å². The van der Waals surface area contributed by atoms with Crippen LogP contribution in [0.2, 0.25) is 0 Å². The summed E-state index contributed by atoms with van der Waals surface area (Å²) in [5.41, 5.74) is 4.40. The van der Waals surface area contributed by atoms with E-state index < -0.39 is 11.3 Å². The molecule has 0 spiro atoms. The summed E-state index contributed by atoms with van der Waals surface area (Å²) in [4.78, 5) is 23.6. The van der Waals surface area contributed by atoms with E-state index in [1.165, 1.54) is 7.11 Å². The normalized spacial score (nSPS) is 11.5. The van der Waals surface area contributed by atoms with E-state index in [1.807, 2.05) is 0 Å². The molecule has 0 aliphatic heterocycles. The predicted octanol–water partition coefficient (Wildman–Crippen LogP) is -0.397. The van der Waals surface area contributed by atoms with E-state index in [-0.39, 0.29) is 12.5 Å². The number of primary amides is 1. The minimum Gasteiger partial charge on any atom is -0.469 e. The molecule has 0 atom stereocenters. The van der Waals surface area contributed by atoms with Gasteiger partial charge in [-0.2, -0.15) is 0 Å². The average Bonchev–Trinajstić information content (AvgIpc) is 1.99. The van der Waals surface area contributed by atoms with Crippen molar-refractivity contribution in [1.29, 1.82) is 0 Å². The summed E-state index contributed by atoms with van der Waals surface area (Å²) in [6, 6.07) is 0. The standard InChI is InChI=1S/C9H18N2O3/c1-9(2,8(13)14-4)6-11(3)5-7(10)12/h5-6H2,1-4H3,(H2,10,12). The summed E-state index contributed by atoms with van der Waals surface area (Å²) >= 11 is 0. The molecular formula is C9H18N2O3. The number of carbonyl (C=O) groups excluding carboxylic acids is 2. The summed E-state index contributed by atoms with van der Waals surface area (Å²) in [5.74, 6) is -0.706. The van der Waals surface area contributed by atoms with Crippen LogP contribution in [0, 0.1) is 5.41 Å².